The van der Waals surface area contributed by atoms with Crippen LogP contribution >= 0.6 is 0 Å². The van der Waals surface area contributed by atoms with Crippen molar-refractivity contribution in [3.63, 3.8) is 0 Å². The zero-order valence-electron chi connectivity index (χ0n) is 10.8. The van der Waals surface area contributed by atoms with Crippen LogP contribution in [0.1, 0.15) is 16.7 Å². The van der Waals surface area contributed by atoms with Crippen molar-refractivity contribution in [1.29, 1.82) is 5.26 Å². The number of nitrogens with zero attached hydrogens (tertiary/aromatic N) is 2. The molecule has 0 aliphatic heterocycles. The van der Waals surface area contributed by atoms with Crippen molar-refractivity contribution in [2.45, 2.75) is 11.8 Å². The minimum absolute atomic E-state index is 0.160. The van der Waals surface area contributed by atoms with Crippen LogP contribution in [0.4, 0.5) is 0 Å². The second-order valence-corrected chi connectivity index (χ2v) is 5.89. The highest BCUT2D eigenvalue weighted by Gasteiger charge is 2.10. The van der Waals surface area contributed by atoms with Crippen molar-refractivity contribution in [3.05, 3.63) is 65.2 Å². The number of benzene rings is 2. The van der Waals surface area contributed by atoms with Gasteiger partial charge in [-0.05, 0) is 36.8 Å². The molecule has 0 atom stereocenters. The van der Waals surface area contributed by atoms with E-state index in [1.54, 1.807) is 36.4 Å². The Labute approximate surface area is 118 Å². The third-order valence-corrected chi connectivity index (χ3v) is 3.95. The van der Waals surface area contributed by atoms with Crippen LogP contribution in [0.15, 0.2) is 57.8 Å². The van der Waals surface area contributed by atoms with Gasteiger partial charge in [0, 0.05) is 6.21 Å². The Morgan fingerprint density at radius 3 is 2.20 bits per heavy atom. The fraction of sp³-hybridized carbons (Fsp3) is 0.0667. The van der Waals surface area contributed by atoms with E-state index in [2.05, 4.69) is 4.40 Å². The largest absolute Gasteiger partial charge is 0.282 e. The van der Waals surface area contributed by atoms with Crippen molar-refractivity contribution in [2.75, 3.05) is 0 Å². The van der Waals surface area contributed by atoms with Gasteiger partial charge in [0.05, 0.1) is 16.5 Å². The van der Waals surface area contributed by atoms with E-state index in [0.717, 1.165) is 5.56 Å². The normalized spacial score (nSPS) is 11.4. The zero-order valence-corrected chi connectivity index (χ0v) is 11.6. The molecule has 2 aromatic rings. The monoisotopic (exact) mass is 284 g/mol. The quantitative estimate of drug-likeness (QED) is 0.813. The maximum absolute atomic E-state index is 12.0. The fourth-order valence-electron chi connectivity index (χ4n) is 1.55. The molecule has 0 heterocycles. The third-order valence-electron chi connectivity index (χ3n) is 2.70. The highest BCUT2D eigenvalue weighted by atomic mass is 32.2. The summed E-state index contributed by atoms with van der Waals surface area (Å²) in [6.07, 6.45) is 1.27. The molecule has 0 radical (unpaired) electrons. The molecule has 0 N–H and O–H groups in total. The molecule has 0 bridgehead atoms. The molecule has 0 saturated carbocycles. The first kappa shape index (κ1) is 14.0. The topological polar surface area (TPSA) is 70.3 Å². The van der Waals surface area contributed by atoms with Crippen LogP contribution in [-0.4, -0.2) is 14.6 Å². The van der Waals surface area contributed by atoms with Crippen molar-refractivity contribution < 1.29 is 8.42 Å². The van der Waals surface area contributed by atoms with Gasteiger partial charge < -0.3 is 0 Å². The van der Waals surface area contributed by atoms with Crippen LogP contribution in [-0.2, 0) is 10.0 Å². The first-order valence-corrected chi connectivity index (χ1v) is 7.32. The Balaban J connectivity index is 2.25. The standard InChI is InChI=1S/C15H12N2O2S/c1-12-2-8-15(9-3-12)20(18,19)17-11-14-6-4-13(10-16)5-7-14/h2-9,11H,1H3. The minimum atomic E-state index is -3.69. The molecule has 0 amide bonds. The van der Waals surface area contributed by atoms with Crippen LogP contribution < -0.4 is 0 Å². The molecule has 2 aromatic carbocycles. The van der Waals surface area contributed by atoms with E-state index in [-0.39, 0.29) is 4.90 Å². The van der Waals surface area contributed by atoms with E-state index in [9.17, 15) is 8.42 Å². The molecule has 0 aliphatic rings. The Kier molecular flexibility index (Phi) is 3.97. The summed E-state index contributed by atoms with van der Waals surface area (Å²) in [6, 6.07) is 15.0. The first-order chi connectivity index (χ1) is 9.51. The fourth-order valence-corrected chi connectivity index (χ4v) is 2.41. The van der Waals surface area contributed by atoms with E-state index in [0.29, 0.717) is 11.1 Å². The molecule has 0 saturated heterocycles. The Morgan fingerprint density at radius 2 is 1.65 bits per heavy atom. The molecule has 0 unspecified atom stereocenters. The summed E-state index contributed by atoms with van der Waals surface area (Å²) in [5.41, 5.74) is 2.13. The summed E-state index contributed by atoms with van der Waals surface area (Å²) in [7, 11) is -3.69. The van der Waals surface area contributed by atoms with Gasteiger partial charge in [-0.15, -0.1) is 0 Å². The Hall–Kier alpha value is -2.45. The zero-order chi connectivity index (χ0) is 14.6. The lowest BCUT2D eigenvalue weighted by Gasteiger charge is -1.99. The number of aryl methyl sites for hydroxylation is 1. The highest BCUT2D eigenvalue weighted by molar-refractivity contribution is 7.90. The van der Waals surface area contributed by atoms with Crippen molar-refractivity contribution in [3.8, 4) is 6.07 Å². The number of rotatable bonds is 3. The summed E-state index contributed by atoms with van der Waals surface area (Å²) in [5.74, 6) is 0. The van der Waals surface area contributed by atoms with Crippen molar-refractivity contribution >= 4 is 16.2 Å². The van der Waals surface area contributed by atoms with Gasteiger partial charge >= 0.3 is 0 Å². The lowest BCUT2D eigenvalue weighted by molar-refractivity contribution is 0.598. The molecule has 4 nitrogen and oxygen atoms in total. The minimum Gasteiger partial charge on any atom is -0.199 e. The van der Waals surface area contributed by atoms with Gasteiger partial charge in [0.15, 0.2) is 0 Å². The molecular weight excluding hydrogens is 272 g/mol. The summed E-state index contributed by atoms with van der Waals surface area (Å²) in [4.78, 5) is 0.160. The lowest BCUT2D eigenvalue weighted by Crippen LogP contribution is -1.97. The van der Waals surface area contributed by atoms with E-state index in [1.807, 2.05) is 13.0 Å². The van der Waals surface area contributed by atoms with Crippen LogP contribution in [0.2, 0.25) is 0 Å². The number of hydrogen-bond donors (Lipinski definition) is 0. The molecule has 2 rings (SSSR count). The average Bonchev–Trinajstić information content (AvgIpc) is 2.46. The van der Waals surface area contributed by atoms with E-state index in [1.165, 1.54) is 18.3 Å². The molecule has 0 aromatic heterocycles. The predicted octanol–water partition coefficient (Wildman–Crippen LogP) is 2.67. The number of nitriles is 1. The summed E-state index contributed by atoms with van der Waals surface area (Å²) < 4.78 is 27.6. The highest BCUT2D eigenvalue weighted by Crippen LogP contribution is 2.13. The van der Waals surface area contributed by atoms with Crippen molar-refractivity contribution in [1.82, 2.24) is 0 Å². The first-order valence-electron chi connectivity index (χ1n) is 5.88. The molecule has 0 fully saturated rings. The maximum atomic E-state index is 12.0. The van der Waals surface area contributed by atoms with Gasteiger partial charge in [0.25, 0.3) is 10.0 Å². The molecule has 0 spiro atoms. The second-order valence-electron chi connectivity index (χ2n) is 4.26. The molecule has 0 aliphatic carbocycles. The van der Waals surface area contributed by atoms with Crippen LogP contribution in [0.3, 0.4) is 0 Å². The number of sulfonamides is 1. The summed E-state index contributed by atoms with van der Waals surface area (Å²) >= 11 is 0. The summed E-state index contributed by atoms with van der Waals surface area (Å²) in [6.45, 7) is 1.89. The van der Waals surface area contributed by atoms with Crippen LogP contribution in [0, 0.1) is 18.3 Å². The predicted molar refractivity (Wildman–Crippen MR) is 77.1 cm³/mol. The number of hydrogen-bond acceptors (Lipinski definition) is 3. The SMILES string of the molecule is Cc1ccc(S(=O)(=O)N=Cc2ccc(C#N)cc2)cc1. The summed E-state index contributed by atoms with van der Waals surface area (Å²) in [5, 5.41) is 8.68. The van der Waals surface area contributed by atoms with Crippen LogP contribution in [0.5, 0.6) is 0 Å². The van der Waals surface area contributed by atoms with Gasteiger partial charge in [0.2, 0.25) is 0 Å². The van der Waals surface area contributed by atoms with E-state index >= 15 is 0 Å². The van der Waals surface area contributed by atoms with Gasteiger partial charge in [-0.3, -0.25) is 0 Å². The average molecular weight is 284 g/mol. The van der Waals surface area contributed by atoms with Gasteiger partial charge in [-0.1, -0.05) is 29.8 Å². The smallest absolute Gasteiger partial charge is 0.199 e. The Bertz CT molecular complexity index is 768. The Morgan fingerprint density at radius 1 is 1.05 bits per heavy atom. The van der Waals surface area contributed by atoms with Gasteiger partial charge in [0.1, 0.15) is 0 Å². The lowest BCUT2D eigenvalue weighted by atomic mass is 10.2. The molecule has 5 heteroatoms. The third kappa shape index (κ3) is 3.31. The van der Waals surface area contributed by atoms with E-state index in [4.69, 9.17) is 5.26 Å². The van der Waals surface area contributed by atoms with Gasteiger partial charge in [-0.2, -0.15) is 18.1 Å². The molecule has 20 heavy (non-hydrogen) atoms. The van der Waals surface area contributed by atoms with Gasteiger partial charge in [-0.25, -0.2) is 0 Å². The van der Waals surface area contributed by atoms with E-state index < -0.39 is 10.0 Å². The van der Waals surface area contributed by atoms with Crippen LogP contribution in [0.25, 0.3) is 0 Å². The maximum Gasteiger partial charge on any atom is 0.282 e. The second kappa shape index (κ2) is 5.68. The van der Waals surface area contributed by atoms with Crippen molar-refractivity contribution in [2.24, 2.45) is 4.40 Å². The molecule has 100 valence electrons. The molecular formula is C15H12N2O2S.